The first-order valence-corrected chi connectivity index (χ1v) is 3.85. The Morgan fingerprint density at radius 1 is 1.75 bits per heavy atom. The molecule has 44 valence electrons. The molecule has 0 amide bonds. The van der Waals surface area contributed by atoms with Crippen LogP contribution in [-0.4, -0.2) is 2.52 Å². The lowest BCUT2D eigenvalue weighted by Crippen LogP contribution is -2.01. The van der Waals surface area contributed by atoms with Gasteiger partial charge in [0, 0.05) is 11.9 Å². The molecule has 2 nitrogen and oxygen atoms in total. The van der Waals surface area contributed by atoms with Gasteiger partial charge in [-0.3, -0.25) is 2.52 Å². The molecule has 1 aliphatic heterocycles. The number of rotatable bonds is 0. The molecule has 4 heteroatoms. The minimum absolute atomic E-state index is 0.804. The van der Waals surface area contributed by atoms with Crippen LogP contribution in [0.1, 0.15) is 0 Å². The van der Waals surface area contributed by atoms with Gasteiger partial charge in [-0.25, -0.2) is 0 Å². The van der Waals surface area contributed by atoms with E-state index in [0.717, 1.165) is 5.70 Å². The van der Waals surface area contributed by atoms with Gasteiger partial charge in [0.15, 0.2) is 0 Å². The molecule has 0 radical (unpaired) electrons. The van der Waals surface area contributed by atoms with Crippen LogP contribution in [0.5, 0.6) is 0 Å². The molecule has 0 spiro atoms. The Balaban J connectivity index is 2.63. The Bertz CT molecular complexity index is 143. The average molecular weight is 240 g/mol. The van der Waals surface area contributed by atoms with Crippen LogP contribution in [0.2, 0.25) is 0 Å². The fourth-order valence-electron chi connectivity index (χ4n) is 0.358. The standard InChI is InChI=1S/C4H5IN2S/c5-7-3-4(6)1-2-8-7/h1-3H,6H2. The summed E-state index contributed by atoms with van der Waals surface area (Å²) in [5.41, 5.74) is 6.24. The third kappa shape index (κ3) is 1.59. The van der Waals surface area contributed by atoms with Crippen molar-refractivity contribution < 1.29 is 0 Å². The highest BCUT2D eigenvalue weighted by atomic mass is 127. The van der Waals surface area contributed by atoms with Crippen LogP contribution < -0.4 is 5.73 Å². The summed E-state index contributed by atoms with van der Waals surface area (Å²) in [7, 11) is 0. The number of nitrogens with zero attached hydrogens (tertiary/aromatic N) is 1. The van der Waals surface area contributed by atoms with Crippen LogP contribution in [0.3, 0.4) is 0 Å². The largest absolute Gasteiger partial charge is 0.397 e. The molecule has 1 heterocycles. The monoisotopic (exact) mass is 240 g/mol. The molecule has 0 aliphatic carbocycles. The third-order valence-corrected chi connectivity index (χ3v) is 2.20. The van der Waals surface area contributed by atoms with Crippen molar-refractivity contribution in [2.45, 2.75) is 0 Å². The van der Waals surface area contributed by atoms with E-state index in [0.29, 0.717) is 0 Å². The Labute approximate surface area is 66.4 Å². The van der Waals surface area contributed by atoms with Crippen molar-refractivity contribution in [3.8, 4) is 0 Å². The number of hydrogen-bond donors (Lipinski definition) is 1. The number of halogens is 1. The fourth-order valence-corrected chi connectivity index (χ4v) is 1.59. The maximum absolute atomic E-state index is 5.44. The van der Waals surface area contributed by atoms with Crippen molar-refractivity contribution in [3.05, 3.63) is 23.4 Å². The summed E-state index contributed by atoms with van der Waals surface area (Å²) in [5, 5.41) is 1.95. The zero-order valence-corrected chi connectivity index (χ0v) is 7.02. The van der Waals surface area contributed by atoms with Crippen LogP contribution >= 0.6 is 34.8 Å². The summed E-state index contributed by atoms with van der Waals surface area (Å²) in [5.74, 6) is 0. The molecule has 1 rings (SSSR count). The number of hydrogen-bond acceptors (Lipinski definition) is 3. The molecule has 0 unspecified atom stereocenters. The van der Waals surface area contributed by atoms with Gasteiger partial charge in [-0.1, -0.05) is 0 Å². The summed E-state index contributed by atoms with van der Waals surface area (Å²) in [6, 6.07) is 0. The zero-order valence-electron chi connectivity index (χ0n) is 4.04. The van der Waals surface area contributed by atoms with Crippen LogP contribution in [0.25, 0.3) is 0 Å². The van der Waals surface area contributed by atoms with Crippen molar-refractivity contribution in [2.75, 3.05) is 0 Å². The van der Waals surface area contributed by atoms with Gasteiger partial charge in [0.25, 0.3) is 0 Å². The molecule has 0 bridgehead atoms. The molecule has 0 saturated carbocycles. The van der Waals surface area contributed by atoms with E-state index in [2.05, 4.69) is 22.9 Å². The van der Waals surface area contributed by atoms with Crippen molar-refractivity contribution in [1.29, 1.82) is 0 Å². The molecular formula is C4H5IN2S. The van der Waals surface area contributed by atoms with Crippen LogP contribution in [0.4, 0.5) is 0 Å². The van der Waals surface area contributed by atoms with Crippen molar-refractivity contribution >= 4 is 34.8 Å². The van der Waals surface area contributed by atoms with Crippen molar-refractivity contribution in [3.63, 3.8) is 0 Å². The van der Waals surface area contributed by atoms with E-state index in [1.165, 1.54) is 0 Å². The highest BCUT2D eigenvalue weighted by Gasteiger charge is 1.96. The van der Waals surface area contributed by atoms with E-state index in [4.69, 9.17) is 5.73 Å². The molecule has 0 aromatic carbocycles. The Morgan fingerprint density at radius 2 is 2.50 bits per heavy atom. The van der Waals surface area contributed by atoms with Crippen LogP contribution in [0.15, 0.2) is 23.4 Å². The van der Waals surface area contributed by atoms with Gasteiger partial charge in [-0.05, 0) is 23.4 Å². The zero-order chi connectivity index (χ0) is 5.98. The molecule has 2 N–H and O–H groups in total. The predicted molar refractivity (Wildman–Crippen MR) is 44.9 cm³/mol. The topological polar surface area (TPSA) is 29.3 Å². The van der Waals surface area contributed by atoms with Gasteiger partial charge in [-0.15, -0.1) is 0 Å². The summed E-state index contributed by atoms with van der Waals surface area (Å²) in [6.07, 6.45) is 3.74. The minimum Gasteiger partial charge on any atom is -0.397 e. The number of allylic oxidation sites excluding steroid dienone is 1. The second-order valence-corrected chi connectivity index (χ2v) is 3.88. The minimum atomic E-state index is 0.804. The third-order valence-electron chi connectivity index (χ3n) is 0.673. The Hall–Kier alpha value is 0.160. The van der Waals surface area contributed by atoms with Crippen LogP contribution in [-0.2, 0) is 0 Å². The average Bonchev–Trinajstić information content (AvgIpc) is 1.64. The van der Waals surface area contributed by atoms with Gasteiger partial charge in [-0.2, -0.15) is 0 Å². The Kier molecular flexibility index (Phi) is 2.07. The first-order valence-electron chi connectivity index (χ1n) is 2.04. The summed E-state index contributed by atoms with van der Waals surface area (Å²) >= 11 is 3.77. The lowest BCUT2D eigenvalue weighted by Gasteiger charge is -2.10. The lowest BCUT2D eigenvalue weighted by atomic mass is 10.5. The molecule has 1 aliphatic rings. The SMILES string of the molecule is NC1=CN(I)SC=C1. The highest BCUT2D eigenvalue weighted by Crippen LogP contribution is 2.22. The predicted octanol–water partition coefficient (Wildman–Crippen LogP) is 1.61. The molecule has 0 atom stereocenters. The van der Waals surface area contributed by atoms with E-state index in [9.17, 15) is 0 Å². The summed E-state index contributed by atoms with van der Waals surface area (Å²) in [6.45, 7) is 0. The second-order valence-electron chi connectivity index (χ2n) is 1.31. The van der Waals surface area contributed by atoms with Gasteiger partial charge in [0.1, 0.15) is 0 Å². The maximum Gasteiger partial charge on any atom is 0.0710 e. The molecule has 0 aromatic heterocycles. The van der Waals surface area contributed by atoms with Crippen molar-refractivity contribution in [2.24, 2.45) is 5.73 Å². The van der Waals surface area contributed by atoms with Gasteiger partial charge < -0.3 is 5.73 Å². The smallest absolute Gasteiger partial charge is 0.0710 e. The van der Waals surface area contributed by atoms with Gasteiger partial charge in [0.05, 0.1) is 22.9 Å². The second kappa shape index (κ2) is 2.63. The highest BCUT2D eigenvalue weighted by molar-refractivity contribution is 14.1. The summed E-state index contributed by atoms with van der Waals surface area (Å²) < 4.78 is 1.92. The van der Waals surface area contributed by atoms with E-state index >= 15 is 0 Å². The lowest BCUT2D eigenvalue weighted by molar-refractivity contribution is 1.08. The quantitative estimate of drug-likeness (QED) is 0.396. The maximum atomic E-state index is 5.44. The molecular weight excluding hydrogens is 235 g/mol. The molecule has 8 heavy (non-hydrogen) atoms. The summed E-state index contributed by atoms with van der Waals surface area (Å²) in [4.78, 5) is 0. The van der Waals surface area contributed by atoms with Crippen LogP contribution in [0, 0.1) is 0 Å². The van der Waals surface area contributed by atoms with Crippen molar-refractivity contribution in [1.82, 2.24) is 2.52 Å². The van der Waals surface area contributed by atoms with E-state index in [1.54, 1.807) is 11.9 Å². The first-order chi connectivity index (χ1) is 3.79. The molecule has 0 fully saturated rings. The van der Waals surface area contributed by atoms with Gasteiger partial charge in [0.2, 0.25) is 0 Å². The molecule has 0 aromatic rings. The fraction of sp³-hybridized carbons (Fsp3) is 0. The van der Waals surface area contributed by atoms with E-state index < -0.39 is 0 Å². The van der Waals surface area contributed by atoms with E-state index in [1.807, 2.05) is 20.2 Å². The number of nitrogens with two attached hydrogens (primary N) is 1. The van der Waals surface area contributed by atoms with E-state index in [-0.39, 0.29) is 0 Å². The molecule has 0 saturated heterocycles. The first kappa shape index (κ1) is 6.28. The Morgan fingerprint density at radius 3 is 2.88 bits per heavy atom. The van der Waals surface area contributed by atoms with Gasteiger partial charge >= 0.3 is 0 Å². The normalized spacial score (nSPS) is 18.6.